The molecule has 0 saturated carbocycles. The molecule has 5 nitrogen and oxygen atoms in total. The van der Waals surface area contributed by atoms with E-state index in [2.05, 4.69) is 35.4 Å². The van der Waals surface area contributed by atoms with E-state index in [9.17, 15) is 0 Å². The lowest BCUT2D eigenvalue weighted by molar-refractivity contribution is 0.315. The Morgan fingerprint density at radius 2 is 1.72 bits per heavy atom. The van der Waals surface area contributed by atoms with Gasteiger partial charge in [-0.05, 0) is 45.2 Å². The minimum atomic E-state index is 0.716. The molecule has 4 rings (SSSR count). The fourth-order valence-corrected chi connectivity index (χ4v) is 3.56. The lowest BCUT2D eigenvalue weighted by atomic mass is 10.1. The van der Waals surface area contributed by atoms with Crippen LogP contribution in [0.25, 0.3) is 16.9 Å². The van der Waals surface area contributed by atoms with Gasteiger partial charge in [-0.1, -0.05) is 47.1 Å². The molecule has 0 unspecified atom stereocenters. The molecular weight excluding hydrogens is 384 g/mol. The van der Waals surface area contributed by atoms with Crippen molar-refractivity contribution in [3.63, 3.8) is 0 Å². The van der Waals surface area contributed by atoms with E-state index in [0.717, 1.165) is 52.6 Å². The first-order valence-corrected chi connectivity index (χ1v) is 9.89. The quantitative estimate of drug-likeness (QED) is 0.428. The van der Waals surface area contributed by atoms with Crippen molar-refractivity contribution in [1.82, 2.24) is 19.8 Å². The van der Waals surface area contributed by atoms with Gasteiger partial charge in [0.2, 0.25) is 0 Å². The Balaban J connectivity index is 1.67. The Morgan fingerprint density at radius 1 is 1.00 bits per heavy atom. The first-order chi connectivity index (χ1) is 14.0. The van der Waals surface area contributed by atoms with Crippen molar-refractivity contribution in [2.24, 2.45) is 0 Å². The van der Waals surface area contributed by atoms with Crippen LogP contribution in [0.2, 0.25) is 5.02 Å². The first kappa shape index (κ1) is 19.4. The van der Waals surface area contributed by atoms with Crippen molar-refractivity contribution in [2.75, 3.05) is 7.05 Å². The Hall–Kier alpha value is -2.89. The molecule has 0 aliphatic heterocycles. The first-order valence-electron chi connectivity index (χ1n) is 9.51. The van der Waals surface area contributed by atoms with Crippen LogP contribution in [0.1, 0.15) is 22.6 Å². The summed E-state index contributed by atoms with van der Waals surface area (Å²) in [6.07, 6.45) is 2.10. The van der Waals surface area contributed by atoms with E-state index in [1.807, 2.05) is 61.0 Å². The van der Waals surface area contributed by atoms with Crippen molar-refractivity contribution in [2.45, 2.75) is 26.9 Å². The average molecular weight is 407 g/mol. The summed E-state index contributed by atoms with van der Waals surface area (Å²) in [6, 6.07) is 18.0. The van der Waals surface area contributed by atoms with Crippen molar-refractivity contribution in [1.29, 1.82) is 0 Å². The number of para-hydroxylation sites is 1. The Morgan fingerprint density at radius 3 is 2.38 bits per heavy atom. The summed E-state index contributed by atoms with van der Waals surface area (Å²) in [7, 11) is 2.09. The number of halogens is 1. The van der Waals surface area contributed by atoms with Crippen LogP contribution in [0.4, 0.5) is 0 Å². The zero-order valence-electron chi connectivity index (χ0n) is 16.8. The molecule has 0 radical (unpaired) electrons. The predicted octanol–water partition coefficient (Wildman–Crippen LogP) is 5.43. The third kappa shape index (κ3) is 4.26. The van der Waals surface area contributed by atoms with Crippen LogP contribution in [0.5, 0.6) is 0 Å². The van der Waals surface area contributed by atoms with E-state index in [1.54, 1.807) is 0 Å². The number of benzene rings is 2. The zero-order chi connectivity index (χ0) is 20.4. The highest BCUT2D eigenvalue weighted by Gasteiger charge is 2.17. The molecule has 0 aliphatic rings. The summed E-state index contributed by atoms with van der Waals surface area (Å²) in [5.74, 6) is 0.868. The van der Waals surface area contributed by atoms with Crippen LogP contribution in [0.15, 0.2) is 65.3 Å². The lowest BCUT2D eigenvalue weighted by Crippen LogP contribution is -2.18. The van der Waals surface area contributed by atoms with E-state index in [1.165, 1.54) is 0 Å². The third-order valence-electron chi connectivity index (χ3n) is 4.98. The van der Waals surface area contributed by atoms with Crippen LogP contribution in [0, 0.1) is 13.8 Å². The SMILES string of the molecule is Cc1noc(C)c1CN(C)Cc1cn(-c2ccccc2)nc1-c1ccc(Cl)cc1. The molecule has 0 atom stereocenters. The molecule has 0 amide bonds. The third-order valence-corrected chi connectivity index (χ3v) is 5.23. The van der Waals surface area contributed by atoms with Gasteiger partial charge in [0.15, 0.2) is 0 Å². The number of hydrogen-bond acceptors (Lipinski definition) is 4. The van der Waals surface area contributed by atoms with E-state index in [4.69, 9.17) is 21.2 Å². The van der Waals surface area contributed by atoms with Gasteiger partial charge in [0.05, 0.1) is 17.1 Å². The summed E-state index contributed by atoms with van der Waals surface area (Å²) in [5.41, 5.74) is 6.25. The highest BCUT2D eigenvalue weighted by atomic mass is 35.5. The molecule has 29 heavy (non-hydrogen) atoms. The fourth-order valence-electron chi connectivity index (χ4n) is 3.43. The van der Waals surface area contributed by atoms with Gasteiger partial charge in [-0.15, -0.1) is 0 Å². The van der Waals surface area contributed by atoms with Crippen molar-refractivity contribution in [3.05, 3.63) is 88.4 Å². The van der Waals surface area contributed by atoms with E-state index >= 15 is 0 Å². The number of aromatic nitrogens is 3. The molecule has 0 spiro atoms. The van der Waals surface area contributed by atoms with Crippen LogP contribution in [-0.4, -0.2) is 26.9 Å². The molecule has 0 aliphatic carbocycles. The molecular formula is C23H23ClN4O. The molecule has 0 saturated heterocycles. The van der Waals surface area contributed by atoms with Gasteiger partial charge >= 0.3 is 0 Å². The van der Waals surface area contributed by atoms with E-state index in [0.29, 0.717) is 5.02 Å². The Bertz CT molecular complexity index is 1080. The molecule has 6 heteroatoms. The van der Waals surface area contributed by atoms with Gasteiger partial charge < -0.3 is 4.52 Å². The van der Waals surface area contributed by atoms with Gasteiger partial charge in [-0.3, -0.25) is 4.90 Å². The minimum Gasteiger partial charge on any atom is -0.361 e. The van der Waals surface area contributed by atoms with Crippen LogP contribution >= 0.6 is 11.6 Å². The molecule has 4 aromatic rings. The van der Waals surface area contributed by atoms with Crippen LogP contribution in [0.3, 0.4) is 0 Å². The minimum absolute atomic E-state index is 0.716. The smallest absolute Gasteiger partial charge is 0.138 e. The second kappa shape index (κ2) is 8.23. The summed E-state index contributed by atoms with van der Waals surface area (Å²) in [4.78, 5) is 2.25. The second-order valence-corrected chi connectivity index (χ2v) is 7.70. The van der Waals surface area contributed by atoms with Gasteiger partial charge in [0, 0.05) is 41.0 Å². The van der Waals surface area contributed by atoms with Gasteiger partial charge in [0.25, 0.3) is 0 Å². The topological polar surface area (TPSA) is 47.1 Å². The zero-order valence-corrected chi connectivity index (χ0v) is 17.5. The van der Waals surface area contributed by atoms with Crippen molar-refractivity contribution < 1.29 is 4.52 Å². The Labute approximate surface area is 175 Å². The maximum Gasteiger partial charge on any atom is 0.138 e. The van der Waals surface area contributed by atoms with Crippen LogP contribution < -0.4 is 0 Å². The summed E-state index contributed by atoms with van der Waals surface area (Å²) < 4.78 is 7.24. The monoisotopic (exact) mass is 406 g/mol. The summed E-state index contributed by atoms with van der Waals surface area (Å²) >= 11 is 6.08. The molecule has 0 N–H and O–H groups in total. The predicted molar refractivity (Wildman–Crippen MR) is 115 cm³/mol. The maximum atomic E-state index is 6.08. The molecule has 148 valence electrons. The number of nitrogens with zero attached hydrogens (tertiary/aromatic N) is 4. The molecule has 2 aromatic heterocycles. The molecule has 0 bridgehead atoms. The van der Waals surface area contributed by atoms with Gasteiger partial charge in [-0.2, -0.15) is 5.10 Å². The second-order valence-electron chi connectivity index (χ2n) is 7.26. The largest absolute Gasteiger partial charge is 0.361 e. The highest BCUT2D eigenvalue weighted by Crippen LogP contribution is 2.27. The van der Waals surface area contributed by atoms with Crippen LogP contribution in [-0.2, 0) is 13.1 Å². The van der Waals surface area contributed by atoms with E-state index < -0.39 is 0 Å². The standard InChI is InChI=1S/C23H23ClN4O/c1-16-22(17(2)29-26-16)15-27(3)13-19-14-28(21-7-5-4-6-8-21)25-23(19)18-9-11-20(24)12-10-18/h4-12,14H,13,15H2,1-3H3. The van der Waals surface area contributed by atoms with Crippen molar-refractivity contribution >= 4 is 11.6 Å². The maximum absolute atomic E-state index is 6.08. The number of hydrogen-bond donors (Lipinski definition) is 0. The normalized spacial score (nSPS) is 11.3. The fraction of sp³-hybridized carbons (Fsp3) is 0.217. The lowest BCUT2D eigenvalue weighted by Gasteiger charge is -2.16. The highest BCUT2D eigenvalue weighted by molar-refractivity contribution is 6.30. The molecule has 2 heterocycles. The Kier molecular flexibility index (Phi) is 5.51. The number of rotatable bonds is 6. The molecule has 2 aromatic carbocycles. The average Bonchev–Trinajstić information content (AvgIpc) is 3.28. The molecule has 0 fully saturated rings. The van der Waals surface area contributed by atoms with Gasteiger partial charge in [0.1, 0.15) is 5.76 Å². The van der Waals surface area contributed by atoms with Gasteiger partial charge in [-0.25, -0.2) is 4.68 Å². The van der Waals surface area contributed by atoms with E-state index in [-0.39, 0.29) is 0 Å². The summed E-state index contributed by atoms with van der Waals surface area (Å²) in [6.45, 7) is 5.44. The van der Waals surface area contributed by atoms with Crippen molar-refractivity contribution in [3.8, 4) is 16.9 Å². The summed E-state index contributed by atoms with van der Waals surface area (Å²) in [5, 5.41) is 9.66. The number of aryl methyl sites for hydroxylation is 2.